The molecule has 1 amide bonds. The number of rotatable bonds is 9. The normalized spacial score (nSPS) is 22.2. The highest BCUT2D eigenvalue weighted by atomic mass is 16.5. The molecular formula is C29H37NO5. The Bertz CT molecular complexity index is 1040. The summed E-state index contributed by atoms with van der Waals surface area (Å²) in [5.74, 6) is 0.929. The zero-order chi connectivity index (χ0) is 24.8. The lowest BCUT2D eigenvalue weighted by Crippen LogP contribution is -2.56. The molecular weight excluding hydrogens is 442 g/mol. The first-order valence-electron chi connectivity index (χ1n) is 12.7. The van der Waals surface area contributed by atoms with Crippen LogP contribution in [0.3, 0.4) is 0 Å². The first kappa shape index (κ1) is 25.2. The second kappa shape index (κ2) is 11.3. The number of nitrogens with one attached hydrogen (secondary N) is 1. The minimum Gasteiger partial charge on any atom is -0.493 e. The Hall–Kier alpha value is -2.86. The first-order chi connectivity index (χ1) is 16.9. The lowest BCUT2D eigenvalue weighted by molar-refractivity contribution is -0.150. The van der Waals surface area contributed by atoms with Crippen molar-refractivity contribution in [1.29, 1.82) is 0 Å². The van der Waals surface area contributed by atoms with Gasteiger partial charge in [-0.3, -0.25) is 4.79 Å². The van der Waals surface area contributed by atoms with Gasteiger partial charge in [0, 0.05) is 23.5 Å². The molecule has 1 saturated heterocycles. The smallest absolute Gasteiger partial charge is 0.331 e. The lowest BCUT2D eigenvalue weighted by Gasteiger charge is -2.38. The van der Waals surface area contributed by atoms with Crippen LogP contribution in [-0.2, 0) is 20.7 Å². The molecule has 0 spiro atoms. The fourth-order valence-corrected chi connectivity index (χ4v) is 5.14. The highest BCUT2D eigenvalue weighted by Gasteiger charge is 2.44. The average Bonchev–Trinajstić information content (AvgIpc) is 2.83. The van der Waals surface area contributed by atoms with E-state index in [1.807, 2.05) is 18.2 Å². The average molecular weight is 480 g/mol. The fourth-order valence-electron chi connectivity index (χ4n) is 5.14. The maximum Gasteiger partial charge on any atom is 0.331 e. The zero-order valence-corrected chi connectivity index (χ0v) is 21.1. The van der Waals surface area contributed by atoms with Crippen molar-refractivity contribution < 1.29 is 23.8 Å². The van der Waals surface area contributed by atoms with Crippen LogP contribution in [0.4, 0.5) is 0 Å². The number of ether oxygens (including phenoxy) is 3. The summed E-state index contributed by atoms with van der Waals surface area (Å²) >= 11 is 0. The molecule has 1 saturated carbocycles. The molecule has 1 aliphatic heterocycles. The molecule has 2 fully saturated rings. The van der Waals surface area contributed by atoms with E-state index in [4.69, 9.17) is 14.2 Å². The summed E-state index contributed by atoms with van der Waals surface area (Å²) in [7, 11) is 1.39. The summed E-state index contributed by atoms with van der Waals surface area (Å²) in [6.07, 6.45) is 4.87. The molecule has 1 aliphatic carbocycles. The van der Waals surface area contributed by atoms with Crippen LogP contribution in [0.15, 0.2) is 42.5 Å². The number of carbonyl (C=O) groups is 2. The van der Waals surface area contributed by atoms with E-state index in [0.717, 1.165) is 31.2 Å². The molecule has 6 nitrogen and oxygen atoms in total. The van der Waals surface area contributed by atoms with Gasteiger partial charge in [0.1, 0.15) is 11.3 Å². The van der Waals surface area contributed by atoms with Crippen molar-refractivity contribution in [2.24, 2.45) is 5.92 Å². The molecule has 6 heteroatoms. The SMILES string of the molecule is CC[C@H]1CC[C@](NC(=O)c2ccc(C3COC3)c(OCCc3cccc(C)c3)c2)(C(=O)OC)CC1. The molecule has 2 aromatic rings. The van der Waals surface area contributed by atoms with Crippen LogP contribution in [0.5, 0.6) is 5.75 Å². The number of hydrogen-bond acceptors (Lipinski definition) is 5. The summed E-state index contributed by atoms with van der Waals surface area (Å²) in [6.45, 7) is 6.08. The van der Waals surface area contributed by atoms with E-state index >= 15 is 0 Å². The van der Waals surface area contributed by atoms with Gasteiger partial charge in [-0.1, -0.05) is 49.2 Å². The first-order valence-corrected chi connectivity index (χ1v) is 12.7. The second-order valence-electron chi connectivity index (χ2n) is 9.95. The maximum absolute atomic E-state index is 13.3. The number of amides is 1. The van der Waals surface area contributed by atoms with Crippen molar-refractivity contribution in [2.75, 3.05) is 26.9 Å². The molecule has 0 unspecified atom stereocenters. The summed E-state index contributed by atoms with van der Waals surface area (Å²) in [6, 6.07) is 14.0. The molecule has 0 atom stereocenters. The van der Waals surface area contributed by atoms with Crippen LogP contribution >= 0.6 is 0 Å². The Kier molecular flexibility index (Phi) is 8.11. The van der Waals surface area contributed by atoms with Crippen molar-refractivity contribution in [3.8, 4) is 5.75 Å². The van der Waals surface area contributed by atoms with E-state index in [9.17, 15) is 9.59 Å². The Morgan fingerprint density at radius 1 is 1.11 bits per heavy atom. The van der Waals surface area contributed by atoms with E-state index in [1.54, 1.807) is 0 Å². The summed E-state index contributed by atoms with van der Waals surface area (Å²) in [4.78, 5) is 26.1. The minimum atomic E-state index is -0.968. The van der Waals surface area contributed by atoms with Gasteiger partial charge in [0.25, 0.3) is 5.91 Å². The van der Waals surface area contributed by atoms with Gasteiger partial charge >= 0.3 is 5.97 Å². The molecule has 1 heterocycles. The third-order valence-electron chi connectivity index (χ3n) is 7.55. The van der Waals surface area contributed by atoms with Crippen LogP contribution in [0.1, 0.15) is 72.0 Å². The summed E-state index contributed by atoms with van der Waals surface area (Å²) in [5.41, 5.74) is 3.02. The number of esters is 1. The Morgan fingerprint density at radius 2 is 1.89 bits per heavy atom. The van der Waals surface area contributed by atoms with Gasteiger partial charge in [-0.05, 0) is 56.2 Å². The highest BCUT2D eigenvalue weighted by Crippen LogP contribution is 2.36. The quantitative estimate of drug-likeness (QED) is 0.514. The summed E-state index contributed by atoms with van der Waals surface area (Å²) in [5, 5.41) is 3.04. The highest BCUT2D eigenvalue weighted by molar-refractivity contribution is 5.98. The van der Waals surface area contributed by atoms with Gasteiger partial charge in [-0.15, -0.1) is 0 Å². The Labute approximate surface area is 208 Å². The second-order valence-corrected chi connectivity index (χ2v) is 9.95. The van der Waals surface area contributed by atoms with Gasteiger partial charge in [-0.2, -0.15) is 0 Å². The van der Waals surface area contributed by atoms with E-state index in [0.29, 0.717) is 49.9 Å². The van der Waals surface area contributed by atoms with Gasteiger partial charge in [0.05, 0.1) is 26.9 Å². The van der Waals surface area contributed by atoms with Crippen molar-refractivity contribution >= 4 is 11.9 Å². The van der Waals surface area contributed by atoms with Gasteiger partial charge < -0.3 is 19.5 Å². The monoisotopic (exact) mass is 479 g/mol. The molecule has 2 aliphatic rings. The van der Waals surface area contributed by atoms with E-state index in [1.165, 1.54) is 18.2 Å². The summed E-state index contributed by atoms with van der Waals surface area (Å²) < 4.78 is 16.7. The maximum atomic E-state index is 13.3. The molecule has 2 aromatic carbocycles. The fraction of sp³-hybridized carbons (Fsp3) is 0.517. The van der Waals surface area contributed by atoms with Crippen LogP contribution in [-0.4, -0.2) is 44.3 Å². The third-order valence-corrected chi connectivity index (χ3v) is 7.55. The van der Waals surface area contributed by atoms with Gasteiger partial charge in [-0.25, -0.2) is 4.79 Å². The van der Waals surface area contributed by atoms with E-state index in [2.05, 4.69) is 43.4 Å². The number of hydrogen-bond donors (Lipinski definition) is 1. The van der Waals surface area contributed by atoms with Gasteiger partial charge in [0.15, 0.2) is 0 Å². The zero-order valence-electron chi connectivity index (χ0n) is 21.1. The van der Waals surface area contributed by atoms with Crippen molar-refractivity contribution in [2.45, 2.75) is 63.8 Å². The number of benzene rings is 2. The minimum absolute atomic E-state index is 0.270. The Morgan fingerprint density at radius 3 is 2.51 bits per heavy atom. The van der Waals surface area contributed by atoms with Crippen LogP contribution in [0.25, 0.3) is 0 Å². The van der Waals surface area contributed by atoms with Gasteiger partial charge in [0.2, 0.25) is 0 Å². The molecule has 0 radical (unpaired) electrons. The predicted octanol–water partition coefficient (Wildman–Crippen LogP) is 4.97. The molecule has 35 heavy (non-hydrogen) atoms. The molecule has 0 bridgehead atoms. The molecule has 0 aromatic heterocycles. The topological polar surface area (TPSA) is 73.9 Å². The number of carbonyl (C=O) groups excluding carboxylic acids is 2. The number of aryl methyl sites for hydroxylation is 1. The predicted molar refractivity (Wildman–Crippen MR) is 135 cm³/mol. The standard InChI is InChI=1S/C29H37NO5/c1-4-21-10-13-29(14-11-21,28(32)33-3)30-27(31)23-8-9-25(24-18-34-19-24)26(17-23)35-15-12-22-7-5-6-20(2)16-22/h5-9,16-17,21,24H,4,10-15,18-19H2,1-3H3,(H,30,31)/t21-,29+. The van der Waals surface area contributed by atoms with Crippen LogP contribution < -0.4 is 10.1 Å². The van der Waals surface area contributed by atoms with Crippen molar-refractivity contribution in [3.05, 3.63) is 64.7 Å². The van der Waals surface area contributed by atoms with E-state index < -0.39 is 5.54 Å². The number of methoxy groups -OCH3 is 1. The third kappa shape index (κ3) is 5.87. The van der Waals surface area contributed by atoms with Crippen LogP contribution in [0, 0.1) is 12.8 Å². The Balaban J connectivity index is 1.50. The van der Waals surface area contributed by atoms with Crippen LogP contribution in [0.2, 0.25) is 0 Å². The molecule has 188 valence electrons. The van der Waals surface area contributed by atoms with E-state index in [-0.39, 0.29) is 17.8 Å². The molecule has 4 rings (SSSR count). The van der Waals surface area contributed by atoms with Crippen molar-refractivity contribution in [1.82, 2.24) is 5.32 Å². The largest absolute Gasteiger partial charge is 0.493 e. The lowest BCUT2D eigenvalue weighted by atomic mass is 9.75. The van der Waals surface area contributed by atoms with Crippen molar-refractivity contribution in [3.63, 3.8) is 0 Å². The molecule has 1 N–H and O–H groups in total.